The summed E-state index contributed by atoms with van der Waals surface area (Å²) in [7, 11) is 0. The molecule has 0 spiro atoms. The fraction of sp³-hybridized carbons (Fsp3) is 0.190. The van der Waals surface area contributed by atoms with Gasteiger partial charge in [0.15, 0.2) is 6.61 Å². The first-order valence-corrected chi connectivity index (χ1v) is 8.53. The molecule has 1 N–H and O–H groups in total. The minimum atomic E-state index is -0.516. The Morgan fingerprint density at radius 3 is 2.85 bits per heavy atom. The molecule has 0 saturated heterocycles. The predicted molar refractivity (Wildman–Crippen MR) is 100 cm³/mol. The van der Waals surface area contributed by atoms with Gasteiger partial charge in [-0.3, -0.25) is 9.59 Å². The molecular formula is C21H18N2O4. The third-order valence-electron chi connectivity index (χ3n) is 4.10. The fourth-order valence-electron chi connectivity index (χ4n) is 2.70. The van der Waals surface area contributed by atoms with Gasteiger partial charge in [-0.25, -0.2) is 0 Å². The van der Waals surface area contributed by atoms with Crippen molar-refractivity contribution >= 4 is 28.5 Å². The van der Waals surface area contributed by atoms with E-state index in [-0.39, 0.29) is 6.42 Å². The van der Waals surface area contributed by atoms with Gasteiger partial charge in [-0.05, 0) is 36.2 Å². The number of anilines is 1. The Kier molecular flexibility index (Phi) is 5.53. The zero-order valence-electron chi connectivity index (χ0n) is 14.8. The average molecular weight is 362 g/mol. The molecule has 2 aromatic carbocycles. The van der Waals surface area contributed by atoms with Gasteiger partial charge in [0.1, 0.15) is 5.58 Å². The monoisotopic (exact) mass is 362 g/mol. The molecule has 6 nitrogen and oxygen atoms in total. The van der Waals surface area contributed by atoms with Crippen molar-refractivity contribution < 1.29 is 18.7 Å². The van der Waals surface area contributed by atoms with Crippen LogP contribution in [0.1, 0.15) is 23.6 Å². The van der Waals surface area contributed by atoms with Crippen LogP contribution in [-0.4, -0.2) is 18.5 Å². The van der Waals surface area contributed by atoms with Gasteiger partial charge >= 0.3 is 5.97 Å². The summed E-state index contributed by atoms with van der Waals surface area (Å²) in [5.41, 5.74) is 3.51. The molecular weight excluding hydrogens is 344 g/mol. The van der Waals surface area contributed by atoms with Crippen LogP contribution < -0.4 is 5.32 Å². The number of nitrogens with one attached hydrogen (secondary N) is 1. The van der Waals surface area contributed by atoms with Crippen molar-refractivity contribution in [2.75, 3.05) is 11.9 Å². The van der Waals surface area contributed by atoms with E-state index in [1.54, 1.807) is 30.5 Å². The van der Waals surface area contributed by atoms with E-state index in [1.165, 1.54) is 0 Å². The van der Waals surface area contributed by atoms with Crippen LogP contribution in [0.3, 0.4) is 0 Å². The number of ether oxygens (including phenoxy) is 1. The maximum Gasteiger partial charge on any atom is 0.310 e. The molecule has 0 unspecified atom stereocenters. The SMILES string of the molecule is CCc1ccc2c(CC(=O)OCC(=O)Nc3cccc(C#N)c3)coc2c1. The first-order valence-electron chi connectivity index (χ1n) is 8.53. The van der Waals surface area contributed by atoms with Crippen LogP contribution in [0, 0.1) is 11.3 Å². The molecule has 0 fully saturated rings. The van der Waals surface area contributed by atoms with Gasteiger partial charge in [-0.1, -0.05) is 25.1 Å². The summed E-state index contributed by atoms with van der Waals surface area (Å²) < 4.78 is 10.5. The number of benzene rings is 2. The highest BCUT2D eigenvalue weighted by Gasteiger charge is 2.13. The maximum atomic E-state index is 12.0. The average Bonchev–Trinajstić information content (AvgIpc) is 3.08. The van der Waals surface area contributed by atoms with Crippen LogP contribution in [0.15, 0.2) is 53.1 Å². The Morgan fingerprint density at radius 2 is 2.07 bits per heavy atom. The largest absolute Gasteiger partial charge is 0.464 e. The van der Waals surface area contributed by atoms with Crippen LogP contribution >= 0.6 is 0 Å². The van der Waals surface area contributed by atoms with E-state index in [9.17, 15) is 9.59 Å². The highest BCUT2D eigenvalue weighted by molar-refractivity contribution is 5.93. The number of hydrogen-bond donors (Lipinski definition) is 1. The van der Waals surface area contributed by atoms with E-state index in [4.69, 9.17) is 14.4 Å². The van der Waals surface area contributed by atoms with Crippen molar-refractivity contribution in [1.29, 1.82) is 5.26 Å². The van der Waals surface area contributed by atoms with Crippen LogP contribution in [0.2, 0.25) is 0 Å². The molecule has 6 heteroatoms. The summed E-state index contributed by atoms with van der Waals surface area (Å²) in [5, 5.41) is 12.3. The fourth-order valence-corrected chi connectivity index (χ4v) is 2.70. The van der Waals surface area contributed by atoms with E-state index < -0.39 is 18.5 Å². The van der Waals surface area contributed by atoms with Crippen LogP contribution in [0.25, 0.3) is 11.0 Å². The molecule has 1 heterocycles. The Labute approximate surface area is 156 Å². The van der Waals surface area contributed by atoms with Crippen LogP contribution in [0.5, 0.6) is 0 Å². The Balaban J connectivity index is 1.55. The molecule has 1 amide bonds. The van der Waals surface area contributed by atoms with Gasteiger partial charge < -0.3 is 14.5 Å². The summed E-state index contributed by atoms with van der Waals surface area (Å²) in [4.78, 5) is 24.0. The second-order valence-electron chi connectivity index (χ2n) is 6.02. The highest BCUT2D eigenvalue weighted by atomic mass is 16.5. The first-order chi connectivity index (χ1) is 13.1. The molecule has 0 aliphatic rings. The third kappa shape index (κ3) is 4.53. The van der Waals surface area contributed by atoms with E-state index >= 15 is 0 Å². The number of furan rings is 1. The minimum Gasteiger partial charge on any atom is -0.464 e. The number of fused-ring (bicyclic) bond motifs is 1. The number of carbonyl (C=O) groups excluding carboxylic acids is 2. The number of esters is 1. The lowest BCUT2D eigenvalue weighted by Gasteiger charge is -2.06. The van der Waals surface area contributed by atoms with Gasteiger partial charge in [0.2, 0.25) is 0 Å². The Bertz CT molecular complexity index is 1030. The van der Waals surface area contributed by atoms with Crippen molar-refractivity contribution in [1.82, 2.24) is 0 Å². The number of rotatable bonds is 6. The van der Waals surface area contributed by atoms with Crippen molar-refractivity contribution in [2.45, 2.75) is 19.8 Å². The molecule has 3 aromatic rings. The zero-order chi connectivity index (χ0) is 19.2. The number of hydrogen-bond acceptors (Lipinski definition) is 5. The molecule has 0 bridgehead atoms. The smallest absolute Gasteiger partial charge is 0.310 e. The molecule has 136 valence electrons. The normalized spacial score (nSPS) is 10.4. The lowest BCUT2D eigenvalue weighted by atomic mass is 10.1. The first kappa shape index (κ1) is 18.2. The van der Waals surface area contributed by atoms with Gasteiger partial charge in [0, 0.05) is 16.6 Å². The molecule has 3 rings (SSSR count). The molecule has 0 aliphatic heterocycles. The topological polar surface area (TPSA) is 92.3 Å². The summed E-state index contributed by atoms with van der Waals surface area (Å²) in [6.45, 7) is 1.66. The van der Waals surface area contributed by atoms with Crippen LogP contribution in [0.4, 0.5) is 5.69 Å². The van der Waals surface area contributed by atoms with E-state index in [1.807, 2.05) is 24.3 Å². The summed E-state index contributed by atoms with van der Waals surface area (Å²) in [6, 6.07) is 14.4. The molecule has 0 radical (unpaired) electrons. The van der Waals surface area contributed by atoms with E-state index in [0.717, 1.165) is 28.5 Å². The predicted octanol–water partition coefficient (Wildman–Crippen LogP) is 3.59. The summed E-state index contributed by atoms with van der Waals surface area (Å²) in [6.07, 6.45) is 2.47. The summed E-state index contributed by atoms with van der Waals surface area (Å²) >= 11 is 0. The van der Waals surface area contributed by atoms with Crippen LogP contribution in [-0.2, 0) is 27.2 Å². The number of nitrogens with zero attached hydrogens (tertiary/aromatic N) is 1. The number of aryl methyl sites for hydroxylation is 1. The molecule has 1 aromatic heterocycles. The quantitative estimate of drug-likeness (QED) is 0.677. The van der Waals surface area contributed by atoms with Gasteiger partial charge in [0.05, 0.1) is 24.3 Å². The van der Waals surface area contributed by atoms with E-state index in [0.29, 0.717) is 11.3 Å². The highest BCUT2D eigenvalue weighted by Crippen LogP contribution is 2.23. The molecule has 27 heavy (non-hydrogen) atoms. The van der Waals surface area contributed by atoms with Crippen molar-refractivity contribution in [3.05, 3.63) is 65.4 Å². The molecule has 0 aliphatic carbocycles. The van der Waals surface area contributed by atoms with Gasteiger partial charge in [0.25, 0.3) is 5.91 Å². The second-order valence-corrected chi connectivity index (χ2v) is 6.02. The standard InChI is InChI=1S/C21H18N2O4/c1-2-14-6-7-18-16(12-26-19(18)9-14)10-21(25)27-13-20(24)23-17-5-3-4-15(8-17)11-22/h3-9,12H,2,10,13H2,1H3,(H,23,24). The Hall–Kier alpha value is -3.59. The van der Waals surface area contributed by atoms with Crippen molar-refractivity contribution in [2.24, 2.45) is 0 Å². The Morgan fingerprint density at radius 1 is 1.22 bits per heavy atom. The second kappa shape index (κ2) is 8.19. The van der Waals surface area contributed by atoms with Gasteiger partial charge in [-0.2, -0.15) is 5.26 Å². The lowest BCUT2D eigenvalue weighted by Crippen LogP contribution is -2.21. The third-order valence-corrected chi connectivity index (χ3v) is 4.10. The number of nitriles is 1. The maximum absolute atomic E-state index is 12.0. The van der Waals surface area contributed by atoms with Gasteiger partial charge in [-0.15, -0.1) is 0 Å². The minimum absolute atomic E-state index is 0.0235. The molecule has 0 saturated carbocycles. The number of carbonyl (C=O) groups is 2. The number of amides is 1. The molecule has 0 atom stereocenters. The lowest BCUT2D eigenvalue weighted by molar-refractivity contribution is -0.146. The zero-order valence-corrected chi connectivity index (χ0v) is 14.8. The van der Waals surface area contributed by atoms with Crippen molar-refractivity contribution in [3.8, 4) is 6.07 Å². The van der Waals surface area contributed by atoms with E-state index in [2.05, 4.69) is 12.2 Å². The summed E-state index contributed by atoms with van der Waals surface area (Å²) in [5.74, 6) is -0.985. The van der Waals surface area contributed by atoms with Crippen molar-refractivity contribution in [3.63, 3.8) is 0 Å².